The van der Waals surface area contributed by atoms with E-state index >= 15 is 0 Å². The van der Waals surface area contributed by atoms with Crippen LogP contribution in [-0.4, -0.2) is 39.5 Å². The van der Waals surface area contributed by atoms with Gasteiger partial charge in [0.1, 0.15) is 4.90 Å². The molecule has 0 aromatic heterocycles. The molecule has 5 nitrogen and oxygen atoms in total. The van der Waals surface area contributed by atoms with Gasteiger partial charge in [-0.15, -0.1) is 0 Å². The van der Waals surface area contributed by atoms with Crippen molar-refractivity contribution in [1.29, 1.82) is 0 Å². The summed E-state index contributed by atoms with van der Waals surface area (Å²) in [5, 5.41) is 0. The lowest BCUT2D eigenvalue weighted by atomic mass is 10.3. The molecule has 0 unspecified atom stereocenters. The Labute approximate surface area is 102 Å². The lowest BCUT2D eigenvalue weighted by Gasteiger charge is -2.17. The SMILES string of the molecule is CCOCCN(C)S(=O)(=O)c1ccccc1N. The summed E-state index contributed by atoms with van der Waals surface area (Å²) in [6.45, 7) is 3.12. The topological polar surface area (TPSA) is 72.6 Å². The Kier molecular flexibility index (Phi) is 4.92. The number of para-hydroxylation sites is 1. The van der Waals surface area contributed by atoms with Gasteiger partial charge in [0, 0.05) is 20.2 Å². The summed E-state index contributed by atoms with van der Waals surface area (Å²) >= 11 is 0. The zero-order chi connectivity index (χ0) is 12.9. The zero-order valence-electron chi connectivity index (χ0n) is 10.1. The van der Waals surface area contributed by atoms with Crippen molar-refractivity contribution in [3.8, 4) is 0 Å². The third kappa shape index (κ3) is 3.42. The Morgan fingerprint density at radius 3 is 2.59 bits per heavy atom. The van der Waals surface area contributed by atoms with Gasteiger partial charge in [0.05, 0.1) is 12.3 Å². The van der Waals surface area contributed by atoms with Gasteiger partial charge in [0.25, 0.3) is 0 Å². The Balaban J connectivity index is 2.85. The van der Waals surface area contributed by atoms with Gasteiger partial charge in [-0.3, -0.25) is 0 Å². The molecule has 6 heteroatoms. The van der Waals surface area contributed by atoms with Crippen LogP contribution in [0.1, 0.15) is 6.92 Å². The van der Waals surface area contributed by atoms with Crippen LogP contribution in [-0.2, 0) is 14.8 Å². The van der Waals surface area contributed by atoms with Crippen molar-refractivity contribution in [2.45, 2.75) is 11.8 Å². The van der Waals surface area contributed by atoms with Crippen molar-refractivity contribution in [3.05, 3.63) is 24.3 Å². The average Bonchev–Trinajstić information content (AvgIpc) is 2.29. The highest BCUT2D eigenvalue weighted by Gasteiger charge is 2.22. The number of ether oxygens (including phenoxy) is 1. The van der Waals surface area contributed by atoms with E-state index in [-0.39, 0.29) is 10.6 Å². The molecule has 0 aliphatic carbocycles. The van der Waals surface area contributed by atoms with Crippen LogP contribution in [0.2, 0.25) is 0 Å². The van der Waals surface area contributed by atoms with E-state index in [1.54, 1.807) is 18.2 Å². The van der Waals surface area contributed by atoms with Gasteiger partial charge in [-0.1, -0.05) is 12.1 Å². The predicted octanol–water partition coefficient (Wildman–Crippen LogP) is 0.926. The number of sulfonamides is 1. The van der Waals surface area contributed by atoms with Gasteiger partial charge in [-0.05, 0) is 19.1 Å². The van der Waals surface area contributed by atoms with E-state index < -0.39 is 10.0 Å². The van der Waals surface area contributed by atoms with Gasteiger partial charge in [0.2, 0.25) is 10.0 Å². The van der Waals surface area contributed by atoms with Crippen LogP contribution in [0.5, 0.6) is 0 Å². The van der Waals surface area contributed by atoms with Crippen molar-refractivity contribution in [3.63, 3.8) is 0 Å². The molecule has 0 aliphatic heterocycles. The third-order valence-corrected chi connectivity index (χ3v) is 4.29. The highest BCUT2D eigenvalue weighted by atomic mass is 32.2. The van der Waals surface area contributed by atoms with Crippen LogP contribution >= 0.6 is 0 Å². The van der Waals surface area contributed by atoms with E-state index in [9.17, 15) is 8.42 Å². The lowest BCUT2D eigenvalue weighted by Crippen LogP contribution is -2.30. The van der Waals surface area contributed by atoms with Crippen molar-refractivity contribution in [2.24, 2.45) is 0 Å². The Morgan fingerprint density at radius 2 is 2.00 bits per heavy atom. The summed E-state index contributed by atoms with van der Waals surface area (Å²) < 4.78 is 30.6. The van der Waals surface area contributed by atoms with E-state index in [1.807, 2.05) is 6.92 Å². The third-order valence-electron chi connectivity index (χ3n) is 2.36. The van der Waals surface area contributed by atoms with Crippen LogP contribution in [0.15, 0.2) is 29.2 Å². The molecule has 0 spiro atoms. The number of nitrogen functional groups attached to an aromatic ring is 1. The van der Waals surface area contributed by atoms with Gasteiger partial charge in [-0.2, -0.15) is 4.31 Å². The number of hydrogen-bond donors (Lipinski definition) is 1. The maximum Gasteiger partial charge on any atom is 0.244 e. The molecule has 0 atom stereocenters. The predicted molar refractivity (Wildman–Crippen MR) is 67.2 cm³/mol. The summed E-state index contributed by atoms with van der Waals surface area (Å²) in [4.78, 5) is 0.138. The molecule has 1 aromatic carbocycles. The number of likely N-dealkylation sites (N-methyl/N-ethyl adjacent to an activating group) is 1. The first-order valence-electron chi connectivity index (χ1n) is 5.38. The number of benzene rings is 1. The zero-order valence-corrected chi connectivity index (χ0v) is 10.9. The Morgan fingerprint density at radius 1 is 1.35 bits per heavy atom. The number of nitrogens with two attached hydrogens (primary N) is 1. The molecule has 0 radical (unpaired) electrons. The molecule has 0 amide bonds. The van der Waals surface area contributed by atoms with Gasteiger partial charge >= 0.3 is 0 Å². The van der Waals surface area contributed by atoms with Crippen molar-refractivity contribution < 1.29 is 13.2 Å². The van der Waals surface area contributed by atoms with E-state index in [2.05, 4.69) is 0 Å². The quantitative estimate of drug-likeness (QED) is 0.608. The minimum atomic E-state index is -3.52. The number of rotatable bonds is 6. The summed E-state index contributed by atoms with van der Waals surface area (Å²) in [6.07, 6.45) is 0. The molecule has 1 rings (SSSR count). The fraction of sp³-hybridized carbons (Fsp3) is 0.455. The number of anilines is 1. The first-order valence-corrected chi connectivity index (χ1v) is 6.82. The molecule has 1 aromatic rings. The van der Waals surface area contributed by atoms with E-state index in [4.69, 9.17) is 10.5 Å². The van der Waals surface area contributed by atoms with Crippen molar-refractivity contribution in [2.75, 3.05) is 32.5 Å². The van der Waals surface area contributed by atoms with Crippen molar-refractivity contribution in [1.82, 2.24) is 4.31 Å². The molecule has 2 N–H and O–H groups in total. The standard InChI is InChI=1S/C11H18N2O3S/c1-3-16-9-8-13(2)17(14,15)11-7-5-4-6-10(11)12/h4-7H,3,8-9,12H2,1-2H3. The largest absolute Gasteiger partial charge is 0.398 e. The maximum absolute atomic E-state index is 12.1. The molecule has 96 valence electrons. The minimum Gasteiger partial charge on any atom is -0.398 e. The van der Waals surface area contributed by atoms with E-state index in [0.717, 1.165) is 0 Å². The summed E-state index contributed by atoms with van der Waals surface area (Å²) in [7, 11) is -2.01. The minimum absolute atomic E-state index is 0.138. The smallest absolute Gasteiger partial charge is 0.244 e. The molecular formula is C11H18N2O3S. The van der Waals surface area contributed by atoms with Gasteiger partial charge in [0.15, 0.2) is 0 Å². The van der Waals surface area contributed by atoms with Gasteiger partial charge in [-0.25, -0.2) is 8.42 Å². The number of hydrogen-bond acceptors (Lipinski definition) is 4. The molecule has 17 heavy (non-hydrogen) atoms. The first-order chi connectivity index (χ1) is 8.00. The Bertz CT molecular complexity index is 460. The molecule has 0 heterocycles. The summed E-state index contributed by atoms with van der Waals surface area (Å²) in [5.41, 5.74) is 5.92. The first kappa shape index (κ1) is 14.0. The van der Waals surface area contributed by atoms with Gasteiger partial charge < -0.3 is 10.5 Å². The average molecular weight is 258 g/mol. The highest BCUT2D eigenvalue weighted by molar-refractivity contribution is 7.89. The second kappa shape index (κ2) is 6.00. The fourth-order valence-corrected chi connectivity index (χ4v) is 2.61. The van der Waals surface area contributed by atoms with Crippen LogP contribution in [0.3, 0.4) is 0 Å². The summed E-state index contributed by atoms with van der Waals surface area (Å²) in [5.74, 6) is 0. The van der Waals surface area contributed by atoms with Crippen LogP contribution in [0.25, 0.3) is 0 Å². The molecule has 0 aliphatic rings. The normalized spacial score (nSPS) is 11.9. The van der Waals surface area contributed by atoms with Crippen LogP contribution in [0.4, 0.5) is 5.69 Å². The Hall–Kier alpha value is -1.11. The molecule has 0 saturated carbocycles. The molecule has 0 fully saturated rings. The van der Waals surface area contributed by atoms with Crippen LogP contribution in [0, 0.1) is 0 Å². The lowest BCUT2D eigenvalue weighted by molar-refractivity contribution is 0.138. The molecule has 0 saturated heterocycles. The van der Waals surface area contributed by atoms with Crippen molar-refractivity contribution >= 4 is 15.7 Å². The summed E-state index contributed by atoms with van der Waals surface area (Å²) in [6, 6.07) is 6.43. The van der Waals surface area contributed by atoms with E-state index in [0.29, 0.717) is 19.8 Å². The van der Waals surface area contributed by atoms with E-state index in [1.165, 1.54) is 17.4 Å². The highest BCUT2D eigenvalue weighted by Crippen LogP contribution is 2.20. The molecular weight excluding hydrogens is 240 g/mol. The number of nitrogens with zero attached hydrogens (tertiary/aromatic N) is 1. The second-order valence-electron chi connectivity index (χ2n) is 3.56. The maximum atomic E-state index is 12.1. The monoisotopic (exact) mass is 258 g/mol. The molecule has 0 bridgehead atoms. The second-order valence-corrected chi connectivity index (χ2v) is 5.57. The van der Waals surface area contributed by atoms with Crippen LogP contribution < -0.4 is 5.73 Å². The fourth-order valence-electron chi connectivity index (χ4n) is 1.34.